The normalized spacial score (nSPS) is 14.0. The van der Waals surface area contributed by atoms with Gasteiger partial charge in [-0.15, -0.1) is 0 Å². The molecular formula is C73H142O17P2. The molecule has 0 saturated carbocycles. The number of carbonyl (C=O) groups is 4. The van der Waals surface area contributed by atoms with Gasteiger partial charge in [0, 0.05) is 25.7 Å². The Hall–Kier alpha value is -1.94. The summed E-state index contributed by atoms with van der Waals surface area (Å²) < 4.78 is 68.4. The summed E-state index contributed by atoms with van der Waals surface area (Å²) in [5.41, 5.74) is 0. The third-order valence-corrected chi connectivity index (χ3v) is 18.9. The van der Waals surface area contributed by atoms with Crippen molar-refractivity contribution in [2.45, 2.75) is 400 Å². The number of aliphatic hydroxyl groups is 1. The topological polar surface area (TPSA) is 237 Å². The van der Waals surface area contributed by atoms with Gasteiger partial charge in [-0.1, -0.05) is 330 Å². The highest BCUT2D eigenvalue weighted by atomic mass is 31.2. The van der Waals surface area contributed by atoms with Gasteiger partial charge in [0.1, 0.15) is 19.3 Å². The summed E-state index contributed by atoms with van der Waals surface area (Å²) in [6.45, 7) is 7.25. The highest BCUT2D eigenvalue weighted by Crippen LogP contribution is 2.45. The molecule has 0 radical (unpaired) electrons. The maximum Gasteiger partial charge on any atom is 0.472 e. The van der Waals surface area contributed by atoms with Crippen LogP contribution in [0.15, 0.2) is 0 Å². The lowest BCUT2D eigenvalue weighted by Gasteiger charge is -2.21. The van der Waals surface area contributed by atoms with Gasteiger partial charge in [0.15, 0.2) is 12.2 Å². The number of rotatable bonds is 73. The average molecular weight is 1350 g/mol. The molecule has 0 aliphatic rings. The largest absolute Gasteiger partial charge is 0.472 e. The number of hydrogen-bond donors (Lipinski definition) is 3. The summed E-state index contributed by atoms with van der Waals surface area (Å²) in [4.78, 5) is 72.6. The van der Waals surface area contributed by atoms with Crippen LogP contribution in [0.4, 0.5) is 0 Å². The van der Waals surface area contributed by atoms with E-state index in [0.717, 1.165) is 95.8 Å². The molecule has 2 unspecified atom stereocenters. The van der Waals surface area contributed by atoms with E-state index in [0.29, 0.717) is 25.7 Å². The zero-order chi connectivity index (χ0) is 67.7. The second kappa shape index (κ2) is 66.3. The van der Waals surface area contributed by atoms with E-state index in [2.05, 4.69) is 34.6 Å². The molecule has 0 rings (SSSR count). The number of phosphoric acid groups is 2. The van der Waals surface area contributed by atoms with Gasteiger partial charge in [0.05, 0.1) is 26.4 Å². The molecule has 19 heteroatoms. The third kappa shape index (κ3) is 66.7. The van der Waals surface area contributed by atoms with Gasteiger partial charge in [-0.2, -0.15) is 0 Å². The standard InChI is InChI=1S/C73H142O17P2/c1-6-9-12-15-18-21-24-26-27-28-29-30-31-33-38-44-49-54-59-73(78)90-69(63-84-71(76)57-52-47-42-39-34-35-40-45-50-55-66(4)5)65-88-92(81,82)86-61-67(74)60-85-91(79,80)87-64-68(62-83-70(75)56-51-46-41-36-23-20-17-14-11-8-3)89-72(77)58-53-48-43-37-32-25-22-19-16-13-10-7-2/h66-69,74H,6-65H2,1-5H3,(H,79,80)(H,81,82)/t67-,68+,69+/m0/s1. The van der Waals surface area contributed by atoms with Gasteiger partial charge >= 0.3 is 39.5 Å². The summed E-state index contributed by atoms with van der Waals surface area (Å²) in [5.74, 6) is -1.37. The molecule has 0 aromatic carbocycles. The summed E-state index contributed by atoms with van der Waals surface area (Å²) >= 11 is 0. The summed E-state index contributed by atoms with van der Waals surface area (Å²) in [5, 5.41) is 10.6. The van der Waals surface area contributed by atoms with Gasteiger partial charge in [0.2, 0.25) is 0 Å². The quantitative estimate of drug-likeness (QED) is 0.0222. The van der Waals surface area contributed by atoms with E-state index in [1.807, 2.05) is 0 Å². The Kier molecular flexibility index (Phi) is 64.9. The SMILES string of the molecule is CCCCCCCCCCCCCCCCCCCCC(=O)O[C@H](COC(=O)CCCCCCCCCCCC(C)C)COP(=O)(O)OC[C@@H](O)COP(=O)(O)OC[C@@H](COC(=O)CCCCCCCCCCCC)OC(=O)CCCCCCCCCCCCCC. The molecule has 0 heterocycles. The zero-order valence-electron chi connectivity index (χ0n) is 59.7. The lowest BCUT2D eigenvalue weighted by molar-refractivity contribution is -0.161. The molecule has 0 saturated heterocycles. The number of esters is 4. The van der Waals surface area contributed by atoms with Crippen molar-refractivity contribution in [2.24, 2.45) is 5.92 Å². The fourth-order valence-electron chi connectivity index (χ4n) is 11.2. The van der Waals surface area contributed by atoms with Crippen LogP contribution in [-0.4, -0.2) is 96.7 Å². The second-order valence-electron chi connectivity index (χ2n) is 26.8. The van der Waals surface area contributed by atoms with Gasteiger partial charge < -0.3 is 33.8 Å². The van der Waals surface area contributed by atoms with Crippen molar-refractivity contribution >= 4 is 39.5 Å². The van der Waals surface area contributed by atoms with Crippen molar-refractivity contribution < 1.29 is 80.2 Å². The monoisotopic (exact) mass is 1350 g/mol. The van der Waals surface area contributed by atoms with Crippen molar-refractivity contribution in [3.63, 3.8) is 0 Å². The summed E-state index contributed by atoms with van der Waals surface area (Å²) in [6.07, 6.45) is 54.0. The third-order valence-electron chi connectivity index (χ3n) is 17.0. The maximum absolute atomic E-state index is 13.1. The Bertz CT molecular complexity index is 1770. The van der Waals surface area contributed by atoms with E-state index in [9.17, 15) is 43.2 Å². The van der Waals surface area contributed by atoms with Gasteiger partial charge in [-0.3, -0.25) is 37.3 Å². The molecule has 546 valence electrons. The van der Waals surface area contributed by atoms with E-state index in [1.54, 1.807) is 0 Å². The number of unbranched alkanes of at least 4 members (excludes halogenated alkanes) is 45. The molecule has 0 aliphatic heterocycles. The zero-order valence-corrected chi connectivity index (χ0v) is 61.5. The predicted molar refractivity (Wildman–Crippen MR) is 372 cm³/mol. The first-order valence-corrected chi connectivity index (χ1v) is 41.1. The molecule has 5 atom stereocenters. The van der Waals surface area contributed by atoms with Gasteiger partial charge in [-0.25, -0.2) is 9.13 Å². The number of phosphoric ester groups is 2. The van der Waals surface area contributed by atoms with Crippen LogP contribution >= 0.6 is 15.6 Å². The van der Waals surface area contributed by atoms with Crippen molar-refractivity contribution in [2.75, 3.05) is 39.6 Å². The fourth-order valence-corrected chi connectivity index (χ4v) is 12.8. The Morgan fingerprint density at radius 2 is 0.500 bits per heavy atom. The van der Waals surface area contributed by atoms with E-state index < -0.39 is 97.5 Å². The van der Waals surface area contributed by atoms with Crippen LogP contribution in [0.25, 0.3) is 0 Å². The number of hydrogen-bond acceptors (Lipinski definition) is 15. The van der Waals surface area contributed by atoms with Crippen LogP contribution in [0.5, 0.6) is 0 Å². The predicted octanol–water partition coefficient (Wildman–Crippen LogP) is 21.3. The Morgan fingerprint density at radius 3 is 0.739 bits per heavy atom. The molecule has 0 aliphatic carbocycles. The smallest absolute Gasteiger partial charge is 0.462 e. The molecule has 3 N–H and O–H groups in total. The molecule has 0 fully saturated rings. The number of carbonyl (C=O) groups excluding carboxylic acids is 4. The molecule has 17 nitrogen and oxygen atoms in total. The van der Waals surface area contributed by atoms with Crippen LogP contribution in [0.1, 0.15) is 381 Å². The fraction of sp³-hybridized carbons (Fsp3) is 0.945. The van der Waals surface area contributed by atoms with Crippen molar-refractivity contribution in [1.29, 1.82) is 0 Å². The molecule has 0 aromatic heterocycles. The van der Waals surface area contributed by atoms with Crippen LogP contribution in [-0.2, 0) is 65.4 Å². The summed E-state index contributed by atoms with van der Waals surface area (Å²) in [6, 6.07) is 0. The second-order valence-corrected chi connectivity index (χ2v) is 29.7. The lowest BCUT2D eigenvalue weighted by Crippen LogP contribution is -2.30. The molecule has 0 spiro atoms. The van der Waals surface area contributed by atoms with E-state index in [1.165, 1.54) is 205 Å². The van der Waals surface area contributed by atoms with Crippen molar-refractivity contribution in [1.82, 2.24) is 0 Å². The van der Waals surface area contributed by atoms with Crippen LogP contribution in [0, 0.1) is 5.92 Å². The van der Waals surface area contributed by atoms with E-state index in [4.69, 9.17) is 37.0 Å². The van der Waals surface area contributed by atoms with E-state index >= 15 is 0 Å². The lowest BCUT2D eigenvalue weighted by atomic mass is 10.0. The molecule has 0 bridgehead atoms. The van der Waals surface area contributed by atoms with Gasteiger partial charge in [-0.05, 0) is 31.6 Å². The number of ether oxygens (including phenoxy) is 4. The number of aliphatic hydroxyl groups excluding tert-OH is 1. The highest BCUT2D eigenvalue weighted by Gasteiger charge is 2.30. The van der Waals surface area contributed by atoms with Gasteiger partial charge in [0.25, 0.3) is 0 Å². The molecular weight excluding hydrogens is 1210 g/mol. The Labute approximate surface area is 562 Å². The minimum atomic E-state index is -4.95. The summed E-state index contributed by atoms with van der Waals surface area (Å²) in [7, 11) is -9.90. The average Bonchev–Trinajstić information content (AvgIpc) is 2.22. The van der Waals surface area contributed by atoms with Crippen LogP contribution in [0.3, 0.4) is 0 Å². The van der Waals surface area contributed by atoms with E-state index in [-0.39, 0.29) is 25.7 Å². The maximum atomic E-state index is 13.1. The highest BCUT2D eigenvalue weighted by molar-refractivity contribution is 7.47. The van der Waals surface area contributed by atoms with Crippen LogP contribution in [0.2, 0.25) is 0 Å². The van der Waals surface area contributed by atoms with Crippen molar-refractivity contribution in [3.05, 3.63) is 0 Å². The minimum Gasteiger partial charge on any atom is -0.462 e. The van der Waals surface area contributed by atoms with Crippen LogP contribution < -0.4 is 0 Å². The molecule has 92 heavy (non-hydrogen) atoms. The first-order chi connectivity index (χ1) is 44.5. The Morgan fingerprint density at radius 1 is 0.293 bits per heavy atom. The molecule has 0 aromatic rings. The first kappa shape index (κ1) is 90.1. The first-order valence-electron chi connectivity index (χ1n) is 38.1. The minimum absolute atomic E-state index is 0.108. The molecule has 0 amide bonds. The van der Waals surface area contributed by atoms with Crippen molar-refractivity contribution in [3.8, 4) is 0 Å². The Balaban J connectivity index is 5.22.